The Morgan fingerprint density at radius 2 is 1.79 bits per heavy atom. The van der Waals surface area contributed by atoms with Crippen molar-refractivity contribution >= 4 is 16.0 Å². The van der Waals surface area contributed by atoms with Crippen LogP contribution in [0.2, 0.25) is 0 Å². The monoisotopic (exact) mass is 491 g/mol. The molecule has 2 aromatic rings. The average Bonchev–Trinajstić information content (AvgIpc) is 3.34. The average molecular weight is 492 g/mol. The highest BCUT2D eigenvalue weighted by Crippen LogP contribution is 2.32. The Morgan fingerprint density at radius 3 is 2.41 bits per heavy atom. The number of methoxy groups -OCH3 is 1. The van der Waals surface area contributed by atoms with Crippen molar-refractivity contribution in [1.82, 2.24) is 4.90 Å². The number of ether oxygens (including phenoxy) is 1. The van der Waals surface area contributed by atoms with Gasteiger partial charge in [0.05, 0.1) is 7.11 Å². The molecular formula is C26H34FNO5S. The topological polar surface area (TPSA) is 72.9 Å². The van der Waals surface area contributed by atoms with E-state index >= 15 is 0 Å². The molecule has 1 atom stereocenters. The van der Waals surface area contributed by atoms with Gasteiger partial charge in [-0.3, -0.25) is 4.79 Å². The lowest BCUT2D eigenvalue weighted by Gasteiger charge is -2.29. The van der Waals surface area contributed by atoms with Gasteiger partial charge in [0.15, 0.2) is 11.5 Å². The summed E-state index contributed by atoms with van der Waals surface area (Å²) in [4.78, 5) is 14.8. The minimum Gasteiger partial charge on any atom is -0.493 e. The summed E-state index contributed by atoms with van der Waals surface area (Å²) in [5.74, 6) is 0.476. The fraction of sp³-hybridized carbons (Fsp3) is 0.500. The van der Waals surface area contributed by atoms with Gasteiger partial charge in [-0.15, -0.1) is 0 Å². The minimum absolute atomic E-state index is 0.0202. The number of halogens is 1. The zero-order valence-electron chi connectivity index (χ0n) is 20.1. The molecule has 0 N–H and O–H groups in total. The molecule has 1 amide bonds. The van der Waals surface area contributed by atoms with Crippen LogP contribution in [0.1, 0.15) is 64.4 Å². The molecule has 0 radical (unpaired) electrons. The second-order valence-electron chi connectivity index (χ2n) is 8.94. The van der Waals surface area contributed by atoms with Crippen LogP contribution in [-0.4, -0.2) is 32.4 Å². The second kappa shape index (κ2) is 11.7. The molecule has 0 heterocycles. The Kier molecular flexibility index (Phi) is 8.94. The summed E-state index contributed by atoms with van der Waals surface area (Å²) >= 11 is 0. The van der Waals surface area contributed by atoms with Crippen molar-refractivity contribution in [3.05, 3.63) is 53.8 Å². The molecule has 0 saturated heterocycles. The molecule has 0 aromatic heterocycles. The first-order valence-corrected chi connectivity index (χ1v) is 13.3. The standard InChI is InChI=1S/C26H34FNO5S/c1-4-19(2)28(26(29)16-10-20-7-5-6-8-20)18-21-9-15-24(32-3)25(17-21)33-34(30,31)23-13-11-22(27)12-14-23/h9,11-15,17,19-20H,4-8,10,16,18H2,1-3H3. The summed E-state index contributed by atoms with van der Waals surface area (Å²) in [5, 5.41) is 0. The molecule has 1 saturated carbocycles. The van der Waals surface area contributed by atoms with E-state index in [9.17, 15) is 17.6 Å². The maximum absolute atomic E-state index is 13.2. The fourth-order valence-corrected chi connectivity index (χ4v) is 5.26. The van der Waals surface area contributed by atoms with Crippen LogP contribution in [0.25, 0.3) is 0 Å². The van der Waals surface area contributed by atoms with E-state index in [1.54, 1.807) is 18.2 Å². The van der Waals surface area contributed by atoms with Gasteiger partial charge in [-0.1, -0.05) is 38.7 Å². The van der Waals surface area contributed by atoms with Gasteiger partial charge in [-0.25, -0.2) is 4.39 Å². The number of benzene rings is 2. The minimum atomic E-state index is -4.19. The quantitative estimate of drug-likeness (QED) is 0.377. The molecule has 3 rings (SSSR count). The Hall–Kier alpha value is -2.61. The molecule has 186 valence electrons. The molecule has 6 nitrogen and oxygen atoms in total. The van der Waals surface area contributed by atoms with Gasteiger partial charge in [0.1, 0.15) is 10.7 Å². The van der Waals surface area contributed by atoms with E-state index in [1.165, 1.54) is 32.8 Å². The molecule has 34 heavy (non-hydrogen) atoms. The zero-order chi connectivity index (χ0) is 24.7. The molecule has 0 spiro atoms. The number of carbonyl (C=O) groups is 1. The van der Waals surface area contributed by atoms with Crippen molar-refractivity contribution in [2.45, 2.75) is 76.3 Å². The van der Waals surface area contributed by atoms with Crippen molar-refractivity contribution in [2.75, 3.05) is 7.11 Å². The Morgan fingerprint density at radius 1 is 1.12 bits per heavy atom. The number of carbonyl (C=O) groups excluding carboxylic acids is 1. The van der Waals surface area contributed by atoms with Crippen LogP contribution in [-0.2, 0) is 21.5 Å². The largest absolute Gasteiger partial charge is 0.493 e. The van der Waals surface area contributed by atoms with E-state index in [0.717, 1.165) is 42.7 Å². The van der Waals surface area contributed by atoms with Gasteiger partial charge in [0.25, 0.3) is 0 Å². The van der Waals surface area contributed by atoms with Crippen LogP contribution in [0.15, 0.2) is 47.4 Å². The van der Waals surface area contributed by atoms with Crippen molar-refractivity contribution in [3.8, 4) is 11.5 Å². The lowest BCUT2D eigenvalue weighted by atomic mass is 10.0. The Bertz CT molecular complexity index is 1070. The number of amides is 1. The van der Waals surface area contributed by atoms with E-state index in [4.69, 9.17) is 8.92 Å². The molecule has 2 aromatic carbocycles. The first-order valence-electron chi connectivity index (χ1n) is 11.9. The van der Waals surface area contributed by atoms with Crippen molar-refractivity contribution in [2.24, 2.45) is 5.92 Å². The van der Waals surface area contributed by atoms with E-state index in [0.29, 0.717) is 18.9 Å². The number of rotatable bonds is 11. The third-order valence-corrected chi connectivity index (χ3v) is 7.82. The lowest BCUT2D eigenvalue weighted by molar-refractivity contribution is -0.134. The van der Waals surface area contributed by atoms with Crippen LogP contribution in [0, 0.1) is 11.7 Å². The summed E-state index contributed by atoms with van der Waals surface area (Å²) in [7, 11) is -2.77. The molecule has 8 heteroatoms. The molecule has 0 bridgehead atoms. The summed E-state index contributed by atoms with van der Waals surface area (Å²) in [6.07, 6.45) is 7.17. The van der Waals surface area contributed by atoms with E-state index < -0.39 is 15.9 Å². The maximum atomic E-state index is 13.2. The van der Waals surface area contributed by atoms with Crippen LogP contribution >= 0.6 is 0 Å². The number of hydrogen-bond donors (Lipinski definition) is 0. The van der Waals surface area contributed by atoms with Gasteiger partial charge >= 0.3 is 10.1 Å². The Balaban J connectivity index is 1.79. The van der Waals surface area contributed by atoms with Crippen LogP contribution < -0.4 is 8.92 Å². The predicted molar refractivity (Wildman–Crippen MR) is 129 cm³/mol. The highest BCUT2D eigenvalue weighted by atomic mass is 32.2. The molecule has 1 aliphatic carbocycles. The SMILES string of the molecule is CCC(C)N(Cc1ccc(OC)c(OS(=O)(=O)c2ccc(F)cc2)c1)C(=O)CCC1CCCC1. The Labute approximate surface area is 202 Å². The smallest absolute Gasteiger partial charge is 0.339 e. The number of hydrogen-bond acceptors (Lipinski definition) is 5. The van der Waals surface area contributed by atoms with Crippen LogP contribution in [0.5, 0.6) is 11.5 Å². The van der Waals surface area contributed by atoms with E-state index in [-0.39, 0.29) is 28.3 Å². The van der Waals surface area contributed by atoms with Gasteiger partial charge in [0.2, 0.25) is 5.91 Å². The van der Waals surface area contributed by atoms with Gasteiger partial charge in [0, 0.05) is 19.0 Å². The third kappa shape index (κ3) is 6.72. The van der Waals surface area contributed by atoms with Crippen molar-refractivity contribution < 1.29 is 26.5 Å². The molecule has 0 aliphatic heterocycles. The fourth-order valence-electron chi connectivity index (χ4n) is 4.33. The summed E-state index contributed by atoms with van der Waals surface area (Å²) in [5.41, 5.74) is 0.736. The first kappa shape index (κ1) is 26.0. The molecule has 1 fully saturated rings. The first-order chi connectivity index (χ1) is 16.2. The van der Waals surface area contributed by atoms with E-state index in [2.05, 4.69) is 0 Å². The molecule has 1 aliphatic rings. The molecular weight excluding hydrogens is 457 g/mol. The second-order valence-corrected chi connectivity index (χ2v) is 10.5. The van der Waals surface area contributed by atoms with Crippen molar-refractivity contribution in [1.29, 1.82) is 0 Å². The number of nitrogens with zero attached hydrogens (tertiary/aromatic N) is 1. The lowest BCUT2D eigenvalue weighted by Crippen LogP contribution is -2.37. The van der Waals surface area contributed by atoms with Gasteiger partial charge in [-0.2, -0.15) is 8.42 Å². The summed E-state index contributed by atoms with van der Waals surface area (Å²) < 4.78 is 49.3. The normalized spacial score (nSPS) is 15.2. The van der Waals surface area contributed by atoms with Crippen molar-refractivity contribution in [3.63, 3.8) is 0 Å². The van der Waals surface area contributed by atoms with E-state index in [1.807, 2.05) is 18.7 Å². The van der Waals surface area contributed by atoms with Crippen LogP contribution in [0.3, 0.4) is 0 Å². The summed E-state index contributed by atoms with van der Waals surface area (Å²) in [6, 6.07) is 9.47. The maximum Gasteiger partial charge on any atom is 0.339 e. The molecule has 1 unspecified atom stereocenters. The predicted octanol–water partition coefficient (Wildman–Crippen LogP) is 5.70. The zero-order valence-corrected chi connectivity index (χ0v) is 20.9. The van der Waals surface area contributed by atoms with Gasteiger partial charge in [-0.05, 0) is 67.6 Å². The highest BCUT2D eigenvalue weighted by Gasteiger charge is 2.24. The van der Waals surface area contributed by atoms with Crippen LogP contribution in [0.4, 0.5) is 4.39 Å². The highest BCUT2D eigenvalue weighted by molar-refractivity contribution is 7.87. The third-order valence-electron chi connectivity index (χ3n) is 6.57. The summed E-state index contributed by atoms with van der Waals surface area (Å²) in [6.45, 7) is 4.41. The van der Waals surface area contributed by atoms with Gasteiger partial charge < -0.3 is 13.8 Å².